The highest BCUT2D eigenvalue weighted by Gasteiger charge is 2.26. The van der Waals surface area contributed by atoms with Gasteiger partial charge in [0.2, 0.25) is 5.91 Å². The lowest BCUT2D eigenvalue weighted by Crippen LogP contribution is -2.41. The SMILES string of the molecule is CCNC(=O)C(C)(C)CNc1cnc(C(=O)O)cn1. The molecule has 0 saturated heterocycles. The van der Waals surface area contributed by atoms with Crippen molar-refractivity contribution in [2.75, 3.05) is 18.4 Å². The molecule has 7 heteroatoms. The summed E-state index contributed by atoms with van der Waals surface area (Å²) in [5.74, 6) is -0.748. The minimum atomic E-state index is -1.12. The Kier molecular flexibility index (Phi) is 4.80. The van der Waals surface area contributed by atoms with Gasteiger partial charge in [-0.2, -0.15) is 0 Å². The van der Waals surface area contributed by atoms with E-state index in [2.05, 4.69) is 20.6 Å². The first-order chi connectivity index (χ1) is 8.86. The highest BCUT2D eigenvalue weighted by molar-refractivity contribution is 5.85. The molecule has 0 unspecified atom stereocenters. The van der Waals surface area contributed by atoms with E-state index >= 15 is 0 Å². The number of carboxylic acids is 1. The molecule has 0 fully saturated rings. The van der Waals surface area contributed by atoms with Gasteiger partial charge in [-0.1, -0.05) is 0 Å². The summed E-state index contributed by atoms with van der Waals surface area (Å²) in [6.07, 6.45) is 2.50. The molecule has 1 rings (SSSR count). The number of amides is 1. The maximum absolute atomic E-state index is 11.8. The van der Waals surface area contributed by atoms with Gasteiger partial charge in [0.25, 0.3) is 0 Å². The van der Waals surface area contributed by atoms with Crippen LogP contribution < -0.4 is 10.6 Å². The highest BCUT2D eigenvalue weighted by atomic mass is 16.4. The molecule has 0 radical (unpaired) electrons. The third-order valence-electron chi connectivity index (χ3n) is 2.53. The minimum absolute atomic E-state index is 0.0578. The van der Waals surface area contributed by atoms with Crippen molar-refractivity contribution < 1.29 is 14.7 Å². The molecule has 1 heterocycles. The number of nitrogens with one attached hydrogen (secondary N) is 2. The number of carbonyl (C=O) groups excluding carboxylic acids is 1. The van der Waals surface area contributed by atoms with Crippen LogP contribution in [0.25, 0.3) is 0 Å². The molecule has 0 aliphatic rings. The molecule has 0 atom stereocenters. The standard InChI is InChI=1S/C12H18N4O3/c1-4-13-11(19)12(2,3)7-16-9-6-14-8(5-15-9)10(17)18/h5-6H,4,7H2,1-3H3,(H,13,19)(H,15,16)(H,17,18). The van der Waals surface area contributed by atoms with Gasteiger partial charge in [-0.05, 0) is 20.8 Å². The van der Waals surface area contributed by atoms with Gasteiger partial charge in [-0.15, -0.1) is 0 Å². The average Bonchev–Trinajstić information content (AvgIpc) is 2.37. The smallest absolute Gasteiger partial charge is 0.356 e. The van der Waals surface area contributed by atoms with Gasteiger partial charge in [0.05, 0.1) is 17.8 Å². The molecule has 0 aromatic carbocycles. The zero-order valence-electron chi connectivity index (χ0n) is 11.2. The lowest BCUT2D eigenvalue weighted by atomic mass is 9.92. The Bertz CT molecular complexity index is 457. The number of hydrogen-bond acceptors (Lipinski definition) is 5. The summed E-state index contributed by atoms with van der Waals surface area (Å²) in [4.78, 5) is 30.0. The van der Waals surface area contributed by atoms with E-state index in [4.69, 9.17) is 5.11 Å². The molecule has 0 bridgehead atoms. The second-order valence-corrected chi connectivity index (χ2v) is 4.69. The Balaban J connectivity index is 2.61. The van der Waals surface area contributed by atoms with Crippen LogP contribution in [0.3, 0.4) is 0 Å². The van der Waals surface area contributed by atoms with Crippen LogP contribution in [0.1, 0.15) is 31.3 Å². The zero-order chi connectivity index (χ0) is 14.5. The number of nitrogens with zero attached hydrogens (tertiary/aromatic N) is 2. The van der Waals surface area contributed by atoms with Gasteiger partial charge in [0, 0.05) is 13.1 Å². The van der Waals surface area contributed by atoms with Crippen LogP contribution in [0.15, 0.2) is 12.4 Å². The fraction of sp³-hybridized carbons (Fsp3) is 0.500. The molecule has 3 N–H and O–H groups in total. The Morgan fingerprint density at radius 3 is 2.47 bits per heavy atom. The molecular formula is C12H18N4O3. The summed E-state index contributed by atoms with van der Waals surface area (Å²) in [6.45, 7) is 6.43. The monoisotopic (exact) mass is 266 g/mol. The van der Waals surface area contributed by atoms with E-state index in [1.54, 1.807) is 0 Å². The van der Waals surface area contributed by atoms with E-state index in [-0.39, 0.29) is 11.6 Å². The third kappa shape index (κ3) is 4.20. The van der Waals surface area contributed by atoms with Crippen LogP contribution in [-0.2, 0) is 4.79 Å². The summed E-state index contributed by atoms with van der Waals surface area (Å²) in [6, 6.07) is 0. The molecule has 1 aromatic heterocycles. The first kappa shape index (κ1) is 14.9. The van der Waals surface area contributed by atoms with Gasteiger partial charge >= 0.3 is 5.97 Å². The van der Waals surface area contributed by atoms with Crippen molar-refractivity contribution in [3.8, 4) is 0 Å². The quantitative estimate of drug-likeness (QED) is 0.702. The molecule has 1 amide bonds. The number of carboxylic acid groups (broad SMARTS) is 1. The van der Waals surface area contributed by atoms with Gasteiger partial charge in [0.15, 0.2) is 5.69 Å². The maximum atomic E-state index is 11.8. The third-order valence-corrected chi connectivity index (χ3v) is 2.53. The summed E-state index contributed by atoms with van der Waals surface area (Å²) < 4.78 is 0. The van der Waals surface area contributed by atoms with E-state index in [9.17, 15) is 9.59 Å². The Labute approximate surface area is 111 Å². The van der Waals surface area contributed by atoms with Gasteiger partial charge in [-0.25, -0.2) is 14.8 Å². The van der Waals surface area contributed by atoms with Crippen molar-refractivity contribution in [3.05, 3.63) is 18.1 Å². The number of anilines is 1. The fourth-order valence-electron chi connectivity index (χ4n) is 1.32. The number of rotatable bonds is 6. The van der Waals surface area contributed by atoms with Crippen molar-refractivity contribution in [1.29, 1.82) is 0 Å². The number of aromatic carboxylic acids is 1. The Hall–Kier alpha value is -2.18. The number of hydrogen-bond donors (Lipinski definition) is 3. The second-order valence-electron chi connectivity index (χ2n) is 4.69. The van der Waals surface area contributed by atoms with Crippen LogP contribution in [-0.4, -0.2) is 40.0 Å². The van der Waals surface area contributed by atoms with Crippen molar-refractivity contribution >= 4 is 17.7 Å². The second kappa shape index (κ2) is 6.12. The van der Waals surface area contributed by atoms with Crippen molar-refractivity contribution in [2.45, 2.75) is 20.8 Å². The first-order valence-corrected chi connectivity index (χ1v) is 5.94. The average molecular weight is 266 g/mol. The molecule has 7 nitrogen and oxygen atoms in total. The summed E-state index contributed by atoms with van der Waals surface area (Å²) >= 11 is 0. The van der Waals surface area contributed by atoms with Crippen LogP contribution in [0, 0.1) is 5.41 Å². The molecule has 0 aliphatic heterocycles. The molecule has 0 aliphatic carbocycles. The molecule has 19 heavy (non-hydrogen) atoms. The van der Waals surface area contributed by atoms with Crippen LogP contribution in [0.4, 0.5) is 5.82 Å². The molecule has 0 spiro atoms. The van der Waals surface area contributed by atoms with E-state index in [0.717, 1.165) is 0 Å². The Morgan fingerprint density at radius 2 is 2.00 bits per heavy atom. The van der Waals surface area contributed by atoms with Crippen molar-refractivity contribution in [2.24, 2.45) is 5.41 Å². The van der Waals surface area contributed by atoms with E-state index in [1.165, 1.54) is 12.4 Å². The van der Waals surface area contributed by atoms with E-state index in [1.807, 2.05) is 20.8 Å². The van der Waals surface area contributed by atoms with Crippen LogP contribution >= 0.6 is 0 Å². The van der Waals surface area contributed by atoms with Crippen molar-refractivity contribution in [3.63, 3.8) is 0 Å². The lowest BCUT2D eigenvalue weighted by Gasteiger charge is -2.23. The van der Waals surface area contributed by atoms with Gasteiger partial charge < -0.3 is 15.7 Å². The zero-order valence-corrected chi connectivity index (χ0v) is 11.2. The normalized spacial score (nSPS) is 10.9. The van der Waals surface area contributed by atoms with E-state index < -0.39 is 11.4 Å². The minimum Gasteiger partial charge on any atom is -0.476 e. The molecular weight excluding hydrogens is 248 g/mol. The van der Waals surface area contributed by atoms with Gasteiger partial charge in [-0.3, -0.25) is 4.79 Å². The summed E-state index contributed by atoms with van der Waals surface area (Å²) in [7, 11) is 0. The van der Waals surface area contributed by atoms with Crippen LogP contribution in [0.5, 0.6) is 0 Å². The van der Waals surface area contributed by atoms with Gasteiger partial charge in [0.1, 0.15) is 5.82 Å². The topological polar surface area (TPSA) is 104 Å². The van der Waals surface area contributed by atoms with E-state index in [0.29, 0.717) is 18.9 Å². The predicted molar refractivity (Wildman–Crippen MR) is 69.9 cm³/mol. The lowest BCUT2D eigenvalue weighted by molar-refractivity contribution is -0.128. The predicted octanol–water partition coefficient (Wildman–Crippen LogP) is 0.749. The number of aromatic nitrogens is 2. The summed E-state index contributed by atoms with van der Waals surface area (Å²) in [5, 5.41) is 14.4. The fourth-order valence-corrected chi connectivity index (χ4v) is 1.32. The number of carbonyl (C=O) groups is 2. The first-order valence-electron chi connectivity index (χ1n) is 5.94. The van der Waals surface area contributed by atoms with Crippen molar-refractivity contribution in [1.82, 2.24) is 15.3 Å². The molecule has 104 valence electrons. The Morgan fingerprint density at radius 1 is 1.32 bits per heavy atom. The summed E-state index contributed by atoms with van der Waals surface area (Å²) in [5.41, 5.74) is -0.711. The molecule has 0 saturated carbocycles. The highest BCUT2D eigenvalue weighted by Crippen LogP contribution is 2.16. The largest absolute Gasteiger partial charge is 0.476 e. The van der Waals surface area contributed by atoms with Crippen LogP contribution in [0.2, 0.25) is 0 Å². The maximum Gasteiger partial charge on any atom is 0.356 e. The molecule has 1 aromatic rings.